The number of benzene rings is 1. The first-order valence-electron chi connectivity index (χ1n) is 5.58. The van der Waals surface area contributed by atoms with Crippen LogP contribution < -0.4 is 5.32 Å². The van der Waals surface area contributed by atoms with Gasteiger partial charge in [0, 0.05) is 18.2 Å². The van der Waals surface area contributed by atoms with Crippen LogP contribution in [-0.4, -0.2) is 37.2 Å². The Labute approximate surface area is 111 Å². The summed E-state index contributed by atoms with van der Waals surface area (Å²) in [4.78, 5) is 0. The van der Waals surface area contributed by atoms with Crippen LogP contribution in [0, 0.1) is 11.3 Å². The van der Waals surface area contributed by atoms with Crippen molar-refractivity contribution in [1.29, 1.82) is 5.26 Å². The van der Waals surface area contributed by atoms with E-state index < -0.39 is 9.84 Å². The topological polar surface area (TPSA) is 95.7 Å². The number of fused-ring (bicyclic) bond motifs is 1. The Morgan fingerprint density at radius 3 is 2.74 bits per heavy atom. The second-order valence-corrected chi connectivity index (χ2v) is 6.37. The molecule has 0 atom stereocenters. The van der Waals surface area contributed by atoms with Crippen molar-refractivity contribution >= 4 is 26.4 Å². The summed E-state index contributed by atoms with van der Waals surface area (Å²) < 4.78 is 22.2. The van der Waals surface area contributed by atoms with E-state index in [0.29, 0.717) is 11.2 Å². The molecule has 0 spiro atoms. The van der Waals surface area contributed by atoms with Gasteiger partial charge in [0.05, 0.1) is 17.0 Å². The van der Waals surface area contributed by atoms with Crippen molar-refractivity contribution in [1.82, 2.24) is 10.2 Å². The Hall–Kier alpha value is -2.20. The van der Waals surface area contributed by atoms with Gasteiger partial charge in [0.1, 0.15) is 15.9 Å². The van der Waals surface area contributed by atoms with E-state index in [0.717, 1.165) is 5.39 Å². The quantitative estimate of drug-likeness (QED) is 0.893. The summed E-state index contributed by atoms with van der Waals surface area (Å²) in [6.07, 6.45) is 1.17. The normalized spacial score (nSPS) is 11.2. The molecule has 1 heterocycles. The fourth-order valence-electron chi connectivity index (χ4n) is 1.67. The summed E-state index contributed by atoms with van der Waals surface area (Å²) in [7, 11) is -3.05. The number of nitrogens with zero attached hydrogens (tertiary/aromatic N) is 3. The minimum Gasteiger partial charge on any atom is -0.381 e. The van der Waals surface area contributed by atoms with Gasteiger partial charge in [0.25, 0.3) is 0 Å². The molecule has 7 heteroatoms. The maximum Gasteiger partial charge on any atom is 0.186 e. The molecule has 0 radical (unpaired) electrons. The molecule has 19 heavy (non-hydrogen) atoms. The van der Waals surface area contributed by atoms with Gasteiger partial charge in [-0.05, 0) is 6.07 Å². The van der Waals surface area contributed by atoms with Crippen molar-refractivity contribution in [2.75, 3.05) is 23.9 Å². The number of sulfone groups is 1. The maximum atomic E-state index is 11.1. The van der Waals surface area contributed by atoms with E-state index in [1.165, 1.54) is 6.26 Å². The van der Waals surface area contributed by atoms with Gasteiger partial charge in [-0.1, -0.05) is 18.2 Å². The molecule has 0 amide bonds. The van der Waals surface area contributed by atoms with Gasteiger partial charge in [0.15, 0.2) is 5.69 Å². The third-order valence-electron chi connectivity index (χ3n) is 2.55. The van der Waals surface area contributed by atoms with Gasteiger partial charge in [0.2, 0.25) is 0 Å². The summed E-state index contributed by atoms with van der Waals surface area (Å²) >= 11 is 0. The van der Waals surface area contributed by atoms with Crippen molar-refractivity contribution in [2.24, 2.45) is 0 Å². The molecule has 0 aliphatic heterocycles. The highest BCUT2D eigenvalue weighted by Crippen LogP contribution is 2.23. The smallest absolute Gasteiger partial charge is 0.186 e. The molecule has 0 fully saturated rings. The Kier molecular flexibility index (Phi) is 3.62. The second-order valence-electron chi connectivity index (χ2n) is 4.11. The molecule has 1 aromatic heterocycles. The molecule has 0 saturated heterocycles. The summed E-state index contributed by atoms with van der Waals surface area (Å²) in [6.45, 7) is 0.225. The average Bonchev–Trinajstić information content (AvgIpc) is 2.37. The highest BCUT2D eigenvalue weighted by Gasteiger charge is 2.10. The van der Waals surface area contributed by atoms with Crippen molar-refractivity contribution in [2.45, 2.75) is 0 Å². The van der Waals surface area contributed by atoms with E-state index in [4.69, 9.17) is 5.26 Å². The molecule has 0 unspecified atom stereocenters. The van der Waals surface area contributed by atoms with Gasteiger partial charge in [-0.25, -0.2) is 8.42 Å². The van der Waals surface area contributed by atoms with Crippen LogP contribution in [0.3, 0.4) is 0 Å². The molecule has 0 aliphatic carbocycles. The lowest BCUT2D eigenvalue weighted by molar-refractivity contribution is 0.602. The third kappa shape index (κ3) is 3.17. The highest BCUT2D eigenvalue weighted by atomic mass is 32.2. The van der Waals surface area contributed by atoms with Crippen molar-refractivity contribution < 1.29 is 8.42 Å². The lowest BCUT2D eigenvalue weighted by atomic mass is 10.1. The Bertz CT molecular complexity index is 750. The van der Waals surface area contributed by atoms with Gasteiger partial charge < -0.3 is 5.32 Å². The van der Waals surface area contributed by atoms with E-state index in [-0.39, 0.29) is 18.0 Å². The molecule has 2 rings (SSSR count). The number of nitrogens with one attached hydrogen (secondary N) is 1. The first kappa shape index (κ1) is 13.2. The lowest BCUT2D eigenvalue weighted by Crippen LogP contribution is -2.15. The average molecular weight is 276 g/mol. The maximum absolute atomic E-state index is 11.1. The molecule has 2 aromatic rings. The fourth-order valence-corrected chi connectivity index (χ4v) is 2.15. The fraction of sp³-hybridized carbons (Fsp3) is 0.250. The van der Waals surface area contributed by atoms with Gasteiger partial charge in [-0.3, -0.25) is 0 Å². The number of hydrogen-bond donors (Lipinski definition) is 1. The summed E-state index contributed by atoms with van der Waals surface area (Å²) in [6, 6.07) is 9.19. The van der Waals surface area contributed by atoms with E-state index in [1.807, 2.05) is 24.3 Å². The Morgan fingerprint density at radius 1 is 1.32 bits per heavy atom. The van der Waals surface area contributed by atoms with Gasteiger partial charge in [-0.15, -0.1) is 10.2 Å². The lowest BCUT2D eigenvalue weighted by Gasteiger charge is -2.09. The van der Waals surface area contributed by atoms with Crippen molar-refractivity contribution in [3.05, 3.63) is 30.0 Å². The Balaban J connectivity index is 2.37. The Morgan fingerprint density at radius 2 is 2.05 bits per heavy atom. The largest absolute Gasteiger partial charge is 0.381 e. The predicted octanol–water partition coefficient (Wildman–Crippen LogP) is 0.958. The summed E-state index contributed by atoms with van der Waals surface area (Å²) in [5.41, 5.74) is 1.34. The van der Waals surface area contributed by atoms with Crippen LogP contribution in [0.5, 0.6) is 0 Å². The number of rotatable bonds is 4. The van der Waals surface area contributed by atoms with Crippen LogP contribution >= 0.6 is 0 Å². The van der Waals surface area contributed by atoms with E-state index in [9.17, 15) is 8.42 Å². The summed E-state index contributed by atoms with van der Waals surface area (Å²) in [5.74, 6) is -0.00544. The molecule has 1 aromatic carbocycles. The third-order valence-corrected chi connectivity index (χ3v) is 3.49. The van der Waals surface area contributed by atoms with Crippen LogP contribution in [0.25, 0.3) is 10.9 Å². The van der Waals surface area contributed by atoms with E-state index >= 15 is 0 Å². The zero-order valence-electron chi connectivity index (χ0n) is 10.3. The van der Waals surface area contributed by atoms with E-state index in [1.54, 1.807) is 6.07 Å². The number of aromatic nitrogens is 2. The van der Waals surface area contributed by atoms with Crippen LogP contribution in [0.1, 0.15) is 5.69 Å². The summed E-state index contributed by atoms with van der Waals surface area (Å²) in [5, 5.41) is 20.5. The molecular formula is C12H12N4O2S. The second kappa shape index (κ2) is 5.20. The monoisotopic (exact) mass is 276 g/mol. The molecule has 1 N–H and O–H groups in total. The first-order chi connectivity index (χ1) is 9.01. The molecular weight excluding hydrogens is 264 g/mol. The van der Waals surface area contributed by atoms with Crippen LogP contribution in [0.15, 0.2) is 24.3 Å². The first-order valence-corrected chi connectivity index (χ1v) is 7.64. The standard InChI is InChI=1S/C12H12N4O2S/c1-19(17,18)7-6-14-12-9-4-2-3-5-10(9)15-16-11(12)8-13/h2-5H,6-7H2,1H3,(H,14,15). The number of anilines is 1. The van der Waals surface area contributed by atoms with Gasteiger partial charge in [-0.2, -0.15) is 5.26 Å². The van der Waals surface area contributed by atoms with Crippen molar-refractivity contribution in [3.63, 3.8) is 0 Å². The molecule has 0 aliphatic rings. The van der Waals surface area contributed by atoms with Crippen molar-refractivity contribution in [3.8, 4) is 6.07 Å². The number of nitriles is 1. The van der Waals surface area contributed by atoms with E-state index in [2.05, 4.69) is 15.5 Å². The molecule has 98 valence electrons. The predicted molar refractivity (Wildman–Crippen MR) is 72.5 cm³/mol. The molecule has 6 nitrogen and oxygen atoms in total. The van der Waals surface area contributed by atoms with Gasteiger partial charge >= 0.3 is 0 Å². The minimum absolute atomic E-state index is 0.00544. The van der Waals surface area contributed by atoms with Crippen LogP contribution in [0.4, 0.5) is 5.69 Å². The van der Waals surface area contributed by atoms with Crippen LogP contribution in [-0.2, 0) is 9.84 Å². The minimum atomic E-state index is -3.05. The SMILES string of the molecule is CS(=O)(=O)CCNc1c(C#N)nnc2ccccc12. The van der Waals surface area contributed by atoms with Crippen LogP contribution in [0.2, 0.25) is 0 Å². The zero-order valence-corrected chi connectivity index (χ0v) is 11.1. The zero-order chi connectivity index (χ0) is 13.9. The molecule has 0 saturated carbocycles. The molecule has 0 bridgehead atoms. The highest BCUT2D eigenvalue weighted by molar-refractivity contribution is 7.90. The number of hydrogen-bond acceptors (Lipinski definition) is 6.